The molecule has 3 amide bonds. The smallest absolute Gasteiger partial charge is 0.272 e. The van der Waals surface area contributed by atoms with Crippen LogP contribution in [0.1, 0.15) is 22.8 Å². The summed E-state index contributed by atoms with van der Waals surface area (Å²) in [4.78, 5) is 45.0. The van der Waals surface area contributed by atoms with E-state index in [-0.39, 0.29) is 17.4 Å². The molecule has 0 bridgehead atoms. The van der Waals surface area contributed by atoms with Crippen molar-refractivity contribution in [2.45, 2.75) is 17.1 Å². The number of halogens is 1. The molecule has 7 nitrogen and oxygen atoms in total. The maximum Gasteiger partial charge on any atom is 0.272 e. The van der Waals surface area contributed by atoms with Gasteiger partial charge in [0.2, 0.25) is 5.91 Å². The van der Waals surface area contributed by atoms with Gasteiger partial charge in [-0.25, -0.2) is 9.37 Å². The van der Waals surface area contributed by atoms with Gasteiger partial charge in [0.25, 0.3) is 11.8 Å². The van der Waals surface area contributed by atoms with Crippen LogP contribution in [0.2, 0.25) is 0 Å². The van der Waals surface area contributed by atoms with Crippen LogP contribution < -0.4 is 16.0 Å². The van der Waals surface area contributed by atoms with Gasteiger partial charge >= 0.3 is 0 Å². The third-order valence-corrected chi connectivity index (χ3v) is 9.36. The van der Waals surface area contributed by atoms with Gasteiger partial charge in [-0.05, 0) is 84.3 Å². The third kappa shape index (κ3) is 8.98. The highest BCUT2D eigenvalue weighted by molar-refractivity contribution is 8.00. The van der Waals surface area contributed by atoms with E-state index in [1.54, 1.807) is 73.0 Å². The Balaban J connectivity index is 1.14. The van der Waals surface area contributed by atoms with E-state index in [2.05, 4.69) is 20.9 Å². The topological polar surface area (TPSA) is 100 Å². The van der Waals surface area contributed by atoms with Crippen LogP contribution in [-0.4, -0.2) is 28.0 Å². The molecule has 0 aliphatic rings. The van der Waals surface area contributed by atoms with Crippen molar-refractivity contribution >= 4 is 57.7 Å². The molecule has 10 heteroatoms. The molecule has 5 aromatic carbocycles. The summed E-state index contributed by atoms with van der Waals surface area (Å²) in [6.07, 6.45) is 1.63. The third-order valence-electron chi connectivity index (χ3n) is 7.51. The molecule has 6 aromatic rings. The van der Waals surface area contributed by atoms with E-state index < -0.39 is 17.1 Å². The van der Waals surface area contributed by atoms with Crippen molar-refractivity contribution in [1.29, 1.82) is 0 Å². The van der Waals surface area contributed by atoms with Gasteiger partial charge in [0, 0.05) is 27.1 Å². The quantitative estimate of drug-likeness (QED) is 0.0926. The minimum absolute atomic E-state index is 0.0700. The Morgan fingerprint density at radius 3 is 2.14 bits per heavy atom. The van der Waals surface area contributed by atoms with E-state index in [0.29, 0.717) is 22.1 Å². The van der Waals surface area contributed by atoms with E-state index in [1.165, 1.54) is 35.2 Å². The maximum absolute atomic E-state index is 13.6. The molecule has 1 unspecified atom stereocenters. The van der Waals surface area contributed by atoms with Gasteiger partial charge in [-0.3, -0.25) is 14.4 Å². The largest absolute Gasteiger partial charge is 0.321 e. The van der Waals surface area contributed by atoms with Crippen molar-refractivity contribution in [2.24, 2.45) is 0 Å². The van der Waals surface area contributed by atoms with Crippen LogP contribution in [0.15, 0.2) is 149 Å². The van der Waals surface area contributed by atoms with Crippen LogP contribution in [0.3, 0.4) is 0 Å². The number of hydrogen-bond acceptors (Lipinski definition) is 6. The molecule has 3 N–H and O–H groups in total. The molecule has 6 rings (SSSR count). The van der Waals surface area contributed by atoms with Crippen molar-refractivity contribution in [2.75, 3.05) is 10.6 Å². The number of rotatable bonds is 11. The summed E-state index contributed by atoms with van der Waals surface area (Å²) in [5.41, 5.74) is 5.21. The number of thioether (sulfide) groups is 1. The van der Waals surface area contributed by atoms with E-state index in [9.17, 15) is 18.8 Å². The molecule has 0 radical (unpaired) electrons. The summed E-state index contributed by atoms with van der Waals surface area (Å²) < 4.78 is 13.3. The molecule has 1 atom stereocenters. The van der Waals surface area contributed by atoms with Crippen molar-refractivity contribution in [1.82, 2.24) is 10.3 Å². The second-order valence-corrected chi connectivity index (χ2v) is 13.4. The summed E-state index contributed by atoms with van der Waals surface area (Å²) in [6, 6.07) is 39.5. The zero-order chi connectivity index (χ0) is 34.9. The Hall–Kier alpha value is -5.84. The zero-order valence-corrected chi connectivity index (χ0v) is 28.4. The predicted octanol–water partition coefficient (Wildman–Crippen LogP) is 9.15. The van der Waals surface area contributed by atoms with Crippen LogP contribution in [0, 0.1) is 5.82 Å². The van der Waals surface area contributed by atoms with E-state index in [1.807, 2.05) is 66.7 Å². The lowest BCUT2D eigenvalue weighted by Crippen LogP contribution is -2.30. The molecule has 0 aliphatic carbocycles. The first-order chi connectivity index (χ1) is 24.3. The normalized spacial score (nSPS) is 11.8. The maximum atomic E-state index is 13.6. The van der Waals surface area contributed by atoms with Gasteiger partial charge in [0.1, 0.15) is 11.5 Å². The molecule has 50 heavy (non-hydrogen) atoms. The van der Waals surface area contributed by atoms with Crippen molar-refractivity contribution < 1.29 is 18.8 Å². The number of anilines is 2. The summed E-state index contributed by atoms with van der Waals surface area (Å²) in [6.45, 7) is 1.78. The first kappa shape index (κ1) is 34.0. The molecular formula is C40H31FN4O3S2. The van der Waals surface area contributed by atoms with Gasteiger partial charge in [0.15, 0.2) is 5.13 Å². The highest BCUT2D eigenvalue weighted by Gasteiger charge is 2.18. The fraction of sp³-hybridized carbons (Fsp3) is 0.0500. The minimum Gasteiger partial charge on any atom is -0.321 e. The summed E-state index contributed by atoms with van der Waals surface area (Å²) in [5, 5.41) is 10.3. The molecule has 1 heterocycles. The van der Waals surface area contributed by atoms with Crippen molar-refractivity contribution in [3.63, 3.8) is 0 Å². The second-order valence-electron chi connectivity index (χ2n) is 11.1. The number of nitrogens with one attached hydrogen (secondary N) is 3. The second kappa shape index (κ2) is 16.0. The summed E-state index contributed by atoms with van der Waals surface area (Å²) in [5.74, 6) is -1.49. The van der Waals surface area contributed by atoms with Gasteiger partial charge in [0.05, 0.1) is 10.9 Å². The standard InChI is InChI=1S/C40H31FN4O3S2/c1-26(37(46)45-40-44-36(25-49-40)30-19-21-32(41)22-20-30)50-34-14-8-13-33(24-34)42-39(48)35(43-38(47)31-11-6-3-7-12-31)23-27-15-17-29(18-16-27)28-9-4-2-5-10-28/h2-26H,1H3,(H,42,48)(H,43,47)(H,44,45,46)/b35-23+. The number of amides is 3. The number of hydrogen-bond donors (Lipinski definition) is 3. The summed E-state index contributed by atoms with van der Waals surface area (Å²) >= 11 is 2.61. The van der Waals surface area contributed by atoms with Crippen molar-refractivity contribution in [3.8, 4) is 22.4 Å². The highest BCUT2D eigenvalue weighted by Crippen LogP contribution is 2.29. The highest BCUT2D eigenvalue weighted by atomic mass is 32.2. The Morgan fingerprint density at radius 1 is 0.760 bits per heavy atom. The molecule has 1 aromatic heterocycles. The molecule has 0 spiro atoms. The average Bonchev–Trinajstić information content (AvgIpc) is 3.61. The van der Waals surface area contributed by atoms with Crippen molar-refractivity contribution in [3.05, 3.63) is 161 Å². The lowest BCUT2D eigenvalue weighted by Gasteiger charge is -2.14. The Bertz CT molecular complexity index is 2140. The van der Waals surface area contributed by atoms with E-state index in [4.69, 9.17) is 0 Å². The number of aromatic nitrogens is 1. The van der Waals surface area contributed by atoms with E-state index in [0.717, 1.165) is 27.1 Å². The van der Waals surface area contributed by atoms with Crippen LogP contribution in [0.5, 0.6) is 0 Å². The number of thiazole rings is 1. The molecule has 0 aliphatic heterocycles. The molecular weight excluding hydrogens is 668 g/mol. The van der Waals surface area contributed by atoms with Gasteiger partial charge in [-0.15, -0.1) is 23.1 Å². The average molecular weight is 699 g/mol. The number of carbonyl (C=O) groups is 3. The molecule has 0 saturated heterocycles. The fourth-order valence-corrected chi connectivity index (χ4v) is 6.56. The van der Waals surface area contributed by atoms with Crippen LogP contribution in [0.4, 0.5) is 15.2 Å². The van der Waals surface area contributed by atoms with Crippen LogP contribution in [0.25, 0.3) is 28.5 Å². The van der Waals surface area contributed by atoms with Crippen LogP contribution in [-0.2, 0) is 9.59 Å². The van der Waals surface area contributed by atoms with Gasteiger partial charge in [-0.1, -0.05) is 78.9 Å². The first-order valence-corrected chi connectivity index (χ1v) is 17.4. The number of benzene rings is 5. The van der Waals surface area contributed by atoms with E-state index >= 15 is 0 Å². The number of carbonyl (C=O) groups excluding carboxylic acids is 3. The molecule has 0 fully saturated rings. The monoisotopic (exact) mass is 698 g/mol. The van der Waals surface area contributed by atoms with Gasteiger partial charge < -0.3 is 16.0 Å². The predicted molar refractivity (Wildman–Crippen MR) is 200 cm³/mol. The number of nitrogens with zero attached hydrogens (tertiary/aromatic N) is 1. The van der Waals surface area contributed by atoms with Gasteiger partial charge in [-0.2, -0.15) is 0 Å². The first-order valence-electron chi connectivity index (χ1n) is 15.6. The Labute approximate surface area is 297 Å². The Morgan fingerprint density at radius 2 is 1.42 bits per heavy atom. The lowest BCUT2D eigenvalue weighted by molar-refractivity contribution is -0.115. The minimum atomic E-state index is -0.505. The molecule has 0 saturated carbocycles. The lowest BCUT2D eigenvalue weighted by atomic mass is 10.0. The zero-order valence-electron chi connectivity index (χ0n) is 26.8. The fourth-order valence-electron chi connectivity index (χ4n) is 4.91. The molecule has 248 valence electrons. The summed E-state index contributed by atoms with van der Waals surface area (Å²) in [7, 11) is 0. The van der Waals surface area contributed by atoms with Crippen LogP contribution >= 0.6 is 23.1 Å². The SMILES string of the molecule is CC(Sc1cccc(NC(=O)/C(=C\c2ccc(-c3ccccc3)cc2)NC(=O)c2ccccc2)c1)C(=O)Nc1nc(-c2ccc(F)cc2)cs1. The Kier molecular flexibility index (Phi) is 10.9.